The van der Waals surface area contributed by atoms with Gasteiger partial charge >= 0.3 is 37.9 Å². The molecule has 2 aliphatic rings. The zero-order chi connectivity index (χ0) is 27.0. The van der Waals surface area contributed by atoms with E-state index in [-0.39, 0.29) is 14.9 Å². The van der Waals surface area contributed by atoms with Crippen molar-refractivity contribution >= 4 is 46.9 Å². The van der Waals surface area contributed by atoms with Crippen molar-refractivity contribution in [2.24, 2.45) is 0 Å². The summed E-state index contributed by atoms with van der Waals surface area (Å²) in [5.74, 6) is 0. The molecule has 0 N–H and O–H groups in total. The molecule has 0 aromatic heterocycles. The molecule has 0 aromatic rings. The normalized spacial score (nSPS) is 19.9. The first-order chi connectivity index (χ1) is 15.4. The van der Waals surface area contributed by atoms with Crippen LogP contribution in [0.2, 0.25) is 50.0 Å². The van der Waals surface area contributed by atoms with E-state index in [1.165, 1.54) is 32.1 Å². The summed E-state index contributed by atoms with van der Waals surface area (Å²) in [6.07, 6.45) is 7.50. The molecule has 2 rings (SSSR count). The van der Waals surface area contributed by atoms with Gasteiger partial charge in [-0.1, -0.05) is 137 Å². The Hall–Kier alpha value is 1.95. The van der Waals surface area contributed by atoms with Gasteiger partial charge in [0.2, 0.25) is 13.7 Å². The van der Waals surface area contributed by atoms with Crippen molar-refractivity contribution in [3.8, 4) is 0 Å². The van der Waals surface area contributed by atoms with Crippen LogP contribution in [0.4, 0.5) is 0 Å². The third kappa shape index (κ3) is 12.6. The maximum absolute atomic E-state index is 4.93. The van der Waals surface area contributed by atoms with Crippen LogP contribution in [-0.2, 0) is 20.8 Å². The standard InChI is InChI=1S/C20H48B2N2Si2.C5H10.2CH3.2ClH.Zr/c1-15(2)23(16(3)4)21-19(25(9,10)11)22(20(21)26(12,13)14)24(17(5)6)18(7)8;1-2-4-5-3-1;;;;;/h15-20H,1-14H3;1-5H2;2*1H3;2*1H;/q;;2*-1;;;+4/p-2. The monoisotopic (exact) mass is 654 g/mol. The molecule has 36 heavy (non-hydrogen) atoms. The topological polar surface area (TPSA) is 6.48 Å². The number of halogens is 2. The minimum atomic E-state index is -1.29. The van der Waals surface area contributed by atoms with E-state index < -0.39 is 37.0 Å². The van der Waals surface area contributed by atoms with E-state index in [1.807, 2.05) is 0 Å². The first-order valence-electron chi connectivity index (χ1n) is 14.0. The Bertz CT molecular complexity index is 481. The number of nitrogens with zero attached hydrogens (tertiary/aromatic N) is 2. The van der Waals surface area contributed by atoms with E-state index in [1.54, 1.807) is 0 Å². The zero-order valence-corrected chi connectivity index (χ0v) is 33.3. The maximum atomic E-state index is 4.93. The van der Waals surface area contributed by atoms with Gasteiger partial charge in [0.1, 0.15) is 0 Å². The molecule has 0 spiro atoms. The van der Waals surface area contributed by atoms with Crippen LogP contribution in [0, 0.1) is 14.9 Å². The molecular formula is C27H64B2Cl2N2Si2Zr. The van der Waals surface area contributed by atoms with Crippen molar-refractivity contribution in [3.05, 3.63) is 14.9 Å². The molecule has 0 radical (unpaired) electrons. The Kier molecular flexibility index (Phi) is 22.5. The van der Waals surface area contributed by atoms with Gasteiger partial charge in [-0.3, -0.25) is 0 Å². The van der Waals surface area contributed by atoms with Gasteiger partial charge in [-0.2, -0.15) is 0 Å². The molecule has 2 fully saturated rings. The van der Waals surface area contributed by atoms with Gasteiger partial charge in [0.05, 0.1) is 0 Å². The summed E-state index contributed by atoms with van der Waals surface area (Å²) in [5.41, 5.74) is 0. The molecule has 2 nitrogen and oxygen atoms in total. The molecular weight excluding hydrogens is 592 g/mol. The average Bonchev–Trinajstić information content (AvgIpc) is 3.16. The first kappa shape index (κ1) is 42.4. The summed E-state index contributed by atoms with van der Waals surface area (Å²) in [6, 6.07) is 2.52. The Morgan fingerprint density at radius 1 is 0.556 bits per heavy atom. The molecule has 1 heterocycles. The van der Waals surface area contributed by atoms with Crippen LogP contribution in [-0.4, -0.2) is 63.6 Å². The van der Waals surface area contributed by atoms with Crippen molar-refractivity contribution in [2.45, 2.75) is 162 Å². The third-order valence-corrected chi connectivity index (χ3v) is 13.2. The third-order valence-electron chi connectivity index (χ3n) is 7.80. The molecule has 9 heteroatoms. The Morgan fingerprint density at radius 3 is 0.833 bits per heavy atom. The van der Waals surface area contributed by atoms with Gasteiger partial charge in [-0.05, 0) is 24.2 Å². The van der Waals surface area contributed by atoms with E-state index in [4.69, 9.17) is 17.0 Å². The molecule has 214 valence electrons. The summed E-state index contributed by atoms with van der Waals surface area (Å²) in [4.78, 5) is 5.78. The second-order valence-electron chi connectivity index (χ2n) is 13.9. The molecule has 1 aliphatic heterocycles. The Labute approximate surface area is 252 Å². The molecule has 0 amide bonds. The average molecular weight is 657 g/mol. The minimum absolute atomic E-state index is 0. The summed E-state index contributed by atoms with van der Waals surface area (Å²) in [5, 5.41) is 1.74. The molecule has 0 bridgehead atoms. The summed E-state index contributed by atoms with van der Waals surface area (Å²) < 4.78 is 0. The van der Waals surface area contributed by atoms with Crippen LogP contribution in [0.15, 0.2) is 0 Å². The van der Waals surface area contributed by atoms with Crippen molar-refractivity contribution in [3.63, 3.8) is 0 Å². The van der Waals surface area contributed by atoms with Crippen LogP contribution in [0.25, 0.3) is 0 Å². The fourth-order valence-electron chi connectivity index (χ4n) is 6.95. The van der Waals surface area contributed by atoms with Gasteiger partial charge in [0.25, 0.3) is 0 Å². The number of hydrogen-bond acceptors (Lipinski definition) is 2. The second kappa shape index (κ2) is 19.1. The summed E-state index contributed by atoms with van der Waals surface area (Å²) >= 11 is -0.826. The van der Waals surface area contributed by atoms with Gasteiger partial charge in [0, 0.05) is 16.1 Å². The molecule has 1 aliphatic carbocycles. The van der Waals surface area contributed by atoms with Gasteiger partial charge in [-0.15, -0.1) is 0 Å². The van der Waals surface area contributed by atoms with Crippen LogP contribution in [0.1, 0.15) is 87.5 Å². The van der Waals surface area contributed by atoms with Crippen LogP contribution >= 0.6 is 17.0 Å². The van der Waals surface area contributed by atoms with Crippen molar-refractivity contribution in [2.75, 3.05) is 0 Å². The second-order valence-corrected chi connectivity index (χ2v) is 28.4. The van der Waals surface area contributed by atoms with Crippen molar-refractivity contribution < 1.29 is 20.8 Å². The summed E-state index contributed by atoms with van der Waals surface area (Å²) in [7, 11) is 7.29. The summed E-state index contributed by atoms with van der Waals surface area (Å²) in [6.45, 7) is 36.6. The number of rotatable bonds is 8. The molecule has 1 saturated heterocycles. The Balaban J connectivity index is -0.000000931. The zero-order valence-electron chi connectivity index (χ0n) is 27.3. The van der Waals surface area contributed by atoms with Gasteiger partial charge < -0.3 is 24.5 Å². The molecule has 0 atom stereocenters. The van der Waals surface area contributed by atoms with E-state index in [0.29, 0.717) is 24.2 Å². The molecule has 1 saturated carbocycles. The quantitative estimate of drug-likeness (QED) is 0.190. The van der Waals surface area contributed by atoms with Crippen LogP contribution < -0.4 is 0 Å². The van der Waals surface area contributed by atoms with E-state index in [0.717, 1.165) is 24.4 Å². The van der Waals surface area contributed by atoms with E-state index in [2.05, 4.69) is 104 Å². The Morgan fingerprint density at radius 2 is 0.722 bits per heavy atom. The van der Waals surface area contributed by atoms with Crippen molar-refractivity contribution in [1.82, 2.24) is 9.62 Å². The van der Waals surface area contributed by atoms with E-state index in [9.17, 15) is 0 Å². The predicted molar refractivity (Wildman–Crippen MR) is 178 cm³/mol. The van der Waals surface area contributed by atoms with Gasteiger partial charge in [0.15, 0.2) is 0 Å². The van der Waals surface area contributed by atoms with Crippen LogP contribution in [0.3, 0.4) is 0 Å². The first-order valence-corrected chi connectivity index (χ1v) is 27.4. The van der Waals surface area contributed by atoms with E-state index >= 15 is 0 Å². The SMILES string of the molecule is C1CCCC1.CC(C)N(B1C([Si](C)(C)C)B(N(C(C)C)C(C)C)C1[Si](C)(C)C)C(C)C.[CH3-].[CH3-].[Cl][Zr+2][Cl]. The fraction of sp³-hybridized carbons (Fsp3) is 0.926. The molecule has 0 unspecified atom stereocenters. The fourth-order valence-corrected chi connectivity index (χ4v) is 13.0. The van der Waals surface area contributed by atoms with Gasteiger partial charge in [-0.25, -0.2) is 0 Å². The van der Waals surface area contributed by atoms with Crippen LogP contribution in [0.5, 0.6) is 0 Å². The molecule has 0 aromatic carbocycles. The number of hydrogen-bond donors (Lipinski definition) is 0. The van der Waals surface area contributed by atoms with Crippen molar-refractivity contribution in [1.29, 1.82) is 0 Å². The predicted octanol–water partition coefficient (Wildman–Crippen LogP) is 10.0.